The van der Waals surface area contributed by atoms with Gasteiger partial charge in [-0.1, -0.05) is 0 Å². The van der Waals surface area contributed by atoms with Crippen molar-refractivity contribution < 1.29 is 10.2 Å². The van der Waals surface area contributed by atoms with Crippen molar-refractivity contribution in [2.75, 3.05) is 6.54 Å². The molecule has 0 amide bonds. The Morgan fingerprint density at radius 2 is 2.25 bits per heavy atom. The molecule has 0 radical (unpaired) electrons. The molecule has 0 aromatic carbocycles. The standard InChI is InChI=1S/C10H13N3O3/c11-2-1-8(14)9(15)7-3-6(4-12)10(16)13-5-7/h3,5,8-9,14-15H,1-2,11H2,(H,13,16). The number of H-pyrrole nitrogens is 1. The zero-order chi connectivity index (χ0) is 12.1. The Morgan fingerprint density at radius 3 is 2.81 bits per heavy atom. The Kier molecular flexibility index (Phi) is 4.19. The van der Waals surface area contributed by atoms with E-state index in [4.69, 9.17) is 11.0 Å². The van der Waals surface area contributed by atoms with Crippen molar-refractivity contribution in [3.63, 3.8) is 0 Å². The van der Waals surface area contributed by atoms with Crippen molar-refractivity contribution in [1.82, 2.24) is 4.98 Å². The number of nitrogens with one attached hydrogen (secondary N) is 1. The zero-order valence-electron chi connectivity index (χ0n) is 8.55. The number of hydrogen-bond donors (Lipinski definition) is 4. The van der Waals surface area contributed by atoms with Crippen LogP contribution in [0, 0.1) is 11.3 Å². The fourth-order valence-electron chi connectivity index (χ4n) is 1.31. The van der Waals surface area contributed by atoms with Gasteiger partial charge in [0.1, 0.15) is 17.7 Å². The van der Waals surface area contributed by atoms with Gasteiger partial charge in [0.25, 0.3) is 5.56 Å². The van der Waals surface area contributed by atoms with E-state index in [0.717, 1.165) is 0 Å². The number of nitrogens with zero attached hydrogens (tertiary/aromatic N) is 1. The first-order valence-electron chi connectivity index (χ1n) is 4.79. The second-order valence-electron chi connectivity index (χ2n) is 3.38. The van der Waals surface area contributed by atoms with Gasteiger partial charge in [-0.2, -0.15) is 5.26 Å². The molecular weight excluding hydrogens is 210 g/mol. The van der Waals surface area contributed by atoms with Crippen molar-refractivity contribution in [3.05, 3.63) is 33.7 Å². The summed E-state index contributed by atoms with van der Waals surface area (Å²) in [6.45, 7) is 0.243. The lowest BCUT2D eigenvalue weighted by atomic mass is 10.0. The average molecular weight is 223 g/mol. The highest BCUT2D eigenvalue weighted by Crippen LogP contribution is 2.17. The first-order chi connectivity index (χ1) is 7.60. The third-order valence-corrected chi connectivity index (χ3v) is 2.21. The van der Waals surface area contributed by atoms with E-state index < -0.39 is 17.8 Å². The summed E-state index contributed by atoms with van der Waals surface area (Å²) in [7, 11) is 0. The molecule has 0 aliphatic heterocycles. The molecule has 2 atom stereocenters. The molecule has 5 N–H and O–H groups in total. The number of rotatable bonds is 4. The molecule has 1 aromatic heterocycles. The van der Waals surface area contributed by atoms with Crippen molar-refractivity contribution in [2.45, 2.75) is 18.6 Å². The van der Waals surface area contributed by atoms with E-state index in [9.17, 15) is 15.0 Å². The van der Waals surface area contributed by atoms with Gasteiger partial charge in [0.05, 0.1) is 6.10 Å². The van der Waals surface area contributed by atoms with E-state index >= 15 is 0 Å². The summed E-state index contributed by atoms with van der Waals surface area (Å²) in [6, 6.07) is 2.95. The molecule has 1 aromatic rings. The van der Waals surface area contributed by atoms with Crippen LogP contribution in [0.3, 0.4) is 0 Å². The first-order valence-corrected chi connectivity index (χ1v) is 4.79. The molecule has 16 heavy (non-hydrogen) atoms. The van der Waals surface area contributed by atoms with E-state index in [0.29, 0.717) is 0 Å². The van der Waals surface area contributed by atoms with E-state index in [2.05, 4.69) is 4.98 Å². The van der Waals surface area contributed by atoms with Crippen LogP contribution in [0.2, 0.25) is 0 Å². The lowest BCUT2D eigenvalue weighted by Crippen LogP contribution is -2.23. The summed E-state index contributed by atoms with van der Waals surface area (Å²) in [5.41, 5.74) is 4.91. The smallest absolute Gasteiger partial charge is 0.265 e. The highest BCUT2D eigenvalue weighted by atomic mass is 16.3. The minimum atomic E-state index is -1.16. The number of aromatic nitrogens is 1. The molecular formula is C10H13N3O3. The Labute approximate surface area is 92.0 Å². The maximum absolute atomic E-state index is 11.1. The van der Waals surface area contributed by atoms with Crippen molar-refractivity contribution in [2.24, 2.45) is 5.73 Å². The van der Waals surface area contributed by atoms with Crippen LogP contribution in [0.1, 0.15) is 23.7 Å². The summed E-state index contributed by atoms with van der Waals surface area (Å²) in [5, 5.41) is 27.8. The third kappa shape index (κ3) is 2.67. The number of nitrogens with two attached hydrogens (primary N) is 1. The van der Waals surface area contributed by atoms with Gasteiger partial charge in [0.2, 0.25) is 0 Å². The summed E-state index contributed by atoms with van der Waals surface area (Å²) in [4.78, 5) is 13.4. The normalized spacial score (nSPS) is 14.1. The average Bonchev–Trinajstić information content (AvgIpc) is 2.29. The number of pyridine rings is 1. The molecule has 0 saturated carbocycles. The number of aliphatic hydroxyl groups is 2. The van der Waals surface area contributed by atoms with Gasteiger partial charge in [-0.25, -0.2) is 0 Å². The van der Waals surface area contributed by atoms with Crippen LogP contribution < -0.4 is 11.3 Å². The maximum atomic E-state index is 11.1. The first kappa shape index (κ1) is 12.4. The van der Waals surface area contributed by atoms with Crippen LogP contribution >= 0.6 is 0 Å². The van der Waals surface area contributed by atoms with Gasteiger partial charge in [-0.05, 0) is 19.0 Å². The Balaban J connectivity index is 2.97. The largest absolute Gasteiger partial charge is 0.390 e. The lowest BCUT2D eigenvalue weighted by Gasteiger charge is -2.17. The fraction of sp³-hybridized carbons (Fsp3) is 0.400. The molecule has 6 nitrogen and oxygen atoms in total. The number of aliphatic hydroxyl groups excluding tert-OH is 2. The van der Waals surface area contributed by atoms with Crippen LogP contribution in [-0.2, 0) is 0 Å². The topological polar surface area (TPSA) is 123 Å². The van der Waals surface area contributed by atoms with Gasteiger partial charge >= 0.3 is 0 Å². The van der Waals surface area contributed by atoms with E-state index in [1.807, 2.05) is 0 Å². The Morgan fingerprint density at radius 1 is 1.56 bits per heavy atom. The monoisotopic (exact) mass is 223 g/mol. The van der Waals surface area contributed by atoms with Crippen molar-refractivity contribution in [3.8, 4) is 6.07 Å². The molecule has 0 bridgehead atoms. The molecule has 2 unspecified atom stereocenters. The quantitative estimate of drug-likeness (QED) is 0.520. The highest BCUT2D eigenvalue weighted by molar-refractivity contribution is 5.30. The molecule has 6 heteroatoms. The molecule has 86 valence electrons. The van der Waals surface area contributed by atoms with Crippen LogP contribution in [0.4, 0.5) is 0 Å². The van der Waals surface area contributed by atoms with Crippen LogP contribution in [0.5, 0.6) is 0 Å². The van der Waals surface area contributed by atoms with Crippen LogP contribution in [0.15, 0.2) is 17.1 Å². The number of nitriles is 1. The van der Waals surface area contributed by atoms with Gasteiger partial charge in [0.15, 0.2) is 0 Å². The van der Waals surface area contributed by atoms with Crippen LogP contribution in [-0.4, -0.2) is 27.8 Å². The van der Waals surface area contributed by atoms with Gasteiger partial charge < -0.3 is 20.9 Å². The van der Waals surface area contributed by atoms with Crippen molar-refractivity contribution in [1.29, 1.82) is 5.26 Å². The van der Waals surface area contributed by atoms with Gasteiger partial charge in [0, 0.05) is 11.8 Å². The number of aromatic amines is 1. The molecule has 1 rings (SSSR count). The van der Waals surface area contributed by atoms with Gasteiger partial charge in [-0.15, -0.1) is 0 Å². The molecule has 1 heterocycles. The lowest BCUT2D eigenvalue weighted by molar-refractivity contribution is 0.0148. The van der Waals surface area contributed by atoms with E-state index in [1.165, 1.54) is 12.3 Å². The Bertz CT molecular complexity index is 449. The second-order valence-corrected chi connectivity index (χ2v) is 3.38. The molecule has 0 aliphatic rings. The van der Waals surface area contributed by atoms with E-state index in [-0.39, 0.29) is 24.1 Å². The molecule has 0 fully saturated rings. The second kappa shape index (κ2) is 5.42. The number of hydrogen-bond acceptors (Lipinski definition) is 5. The Hall–Kier alpha value is -1.68. The summed E-state index contributed by atoms with van der Waals surface area (Å²) >= 11 is 0. The fourth-order valence-corrected chi connectivity index (χ4v) is 1.31. The highest BCUT2D eigenvalue weighted by Gasteiger charge is 2.18. The SMILES string of the molecule is N#Cc1cc(C(O)C(O)CCN)c[nH]c1=O. The molecule has 0 aliphatic carbocycles. The zero-order valence-corrected chi connectivity index (χ0v) is 8.55. The molecule has 0 spiro atoms. The summed E-state index contributed by atoms with van der Waals surface area (Å²) in [5.74, 6) is 0. The van der Waals surface area contributed by atoms with Crippen molar-refractivity contribution >= 4 is 0 Å². The van der Waals surface area contributed by atoms with Gasteiger partial charge in [-0.3, -0.25) is 4.79 Å². The maximum Gasteiger partial charge on any atom is 0.265 e. The predicted octanol–water partition coefficient (Wildman–Crippen LogP) is -1.01. The molecule has 0 saturated heterocycles. The summed E-state index contributed by atoms with van der Waals surface area (Å²) < 4.78 is 0. The van der Waals surface area contributed by atoms with Crippen LogP contribution in [0.25, 0.3) is 0 Å². The minimum Gasteiger partial charge on any atom is -0.390 e. The third-order valence-electron chi connectivity index (χ3n) is 2.21. The predicted molar refractivity (Wildman–Crippen MR) is 56.4 cm³/mol. The summed E-state index contributed by atoms with van der Waals surface area (Å²) in [6.07, 6.45) is -0.662. The van der Waals surface area contributed by atoms with E-state index in [1.54, 1.807) is 6.07 Å². The minimum absolute atomic E-state index is 0.100.